The topological polar surface area (TPSA) is 64.7 Å². The second kappa shape index (κ2) is 6.37. The number of carbonyl (C=O) groups excluding carboxylic acids is 1. The fraction of sp³-hybridized carbons (Fsp3) is 0.188. The van der Waals surface area contributed by atoms with Gasteiger partial charge in [-0.05, 0) is 60.1 Å². The number of carbonyl (C=O) groups is 1. The van der Waals surface area contributed by atoms with Crippen LogP contribution in [-0.4, -0.2) is 25.5 Å². The smallest absolute Gasteiger partial charge is 0.277 e. The fourth-order valence-electron chi connectivity index (χ4n) is 2.16. The monoisotopic (exact) mass is 373 g/mol. The zero-order chi connectivity index (χ0) is 16.4. The Morgan fingerprint density at radius 2 is 1.96 bits per heavy atom. The number of hydrogen-bond donors (Lipinski definition) is 1. The maximum absolute atomic E-state index is 12.3. The van der Waals surface area contributed by atoms with E-state index in [0.29, 0.717) is 22.4 Å². The molecule has 0 bridgehead atoms. The minimum Gasteiger partial charge on any atom is -0.321 e. The standard InChI is InChI=1S/C16H16BrN5O/c1-3-21-10-14(17)15(20-21)16(23)18-12-4-6-13(7-5-12)22-9-8-11(2)19-22/h4-10H,3H2,1-2H3,(H,18,23). The first kappa shape index (κ1) is 15.5. The van der Waals surface area contributed by atoms with Crippen molar-refractivity contribution in [1.29, 1.82) is 0 Å². The van der Waals surface area contributed by atoms with Gasteiger partial charge in [0.25, 0.3) is 5.91 Å². The molecule has 1 amide bonds. The van der Waals surface area contributed by atoms with E-state index in [4.69, 9.17) is 0 Å². The largest absolute Gasteiger partial charge is 0.321 e. The Labute approximate surface area is 142 Å². The summed E-state index contributed by atoms with van der Waals surface area (Å²) in [6.45, 7) is 4.62. The van der Waals surface area contributed by atoms with Crippen LogP contribution >= 0.6 is 15.9 Å². The Balaban J connectivity index is 1.75. The third kappa shape index (κ3) is 3.34. The van der Waals surface area contributed by atoms with Crippen LogP contribution in [0.1, 0.15) is 23.1 Å². The molecule has 118 valence electrons. The van der Waals surface area contributed by atoms with Crippen molar-refractivity contribution < 1.29 is 4.79 Å². The van der Waals surface area contributed by atoms with E-state index in [2.05, 4.69) is 31.4 Å². The van der Waals surface area contributed by atoms with Gasteiger partial charge >= 0.3 is 0 Å². The molecule has 1 N–H and O–H groups in total. The van der Waals surface area contributed by atoms with Crippen molar-refractivity contribution in [2.75, 3.05) is 5.32 Å². The molecule has 7 heteroatoms. The number of hydrogen-bond acceptors (Lipinski definition) is 3. The fourth-order valence-corrected chi connectivity index (χ4v) is 2.66. The molecule has 0 aliphatic rings. The Morgan fingerprint density at radius 1 is 1.22 bits per heavy atom. The molecule has 0 spiro atoms. The Hall–Kier alpha value is -2.41. The molecule has 0 atom stereocenters. The summed E-state index contributed by atoms with van der Waals surface area (Å²) in [5.74, 6) is -0.244. The Morgan fingerprint density at radius 3 is 2.52 bits per heavy atom. The molecule has 1 aromatic carbocycles. The highest BCUT2D eigenvalue weighted by Crippen LogP contribution is 2.18. The molecular weight excluding hydrogens is 358 g/mol. The van der Waals surface area contributed by atoms with Crippen molar-refractivity contribution >= 4 is 27.5 Å². The number of nitrogens with zero attached hydrogens (tertiary/aromatic N) is 4. The number of anilines is 1. The van der Waals surface area contributed by atoms with Gasteiger partial charge in [-0.15, -0.1) is 0 Å². The first-order valence-electron chi connectivity index (χ1n) is 7.24. The molecule has 2 heterocycles. The number of rotatable bonds is 4. The average molecular weight is 374 g/mol. The van der Waals surface area contributed by atoms with Gasteiger partial charge in [0.2, 0.25) is 0 Å². The number of benzene rings is 1. The van der Waals surface area contributed by atoms with Gasteiger partial charge in [0.1, 0.15) is 0 Å². The first-order valence-corrected chi connectivity index (χ1v) is 8.03. The van der Waals surface area contributed by atoms with E-state index in [0.717, 1.165) is 11.4 Å². The lowest BCUT2D eigenvalue weighted by atomic mass is 10.2. The number of aromatic nitrogens is 4. The summed E-state index contributed by atoms with van der Waals surface area (Å²) < 4.78 is 4.18. The van der Waals surface area contributed by atoms with E-state index in [1.54, 1.807) is 15.6 Å². The molecule has 0 saturated carbocycles. The van der Waals surface area contributed by atoms with Gasteiger partial charge in [0.15, 0.2) is 5.69 Å². The van der Waals surface area contributed by atoms with Gasteiger partial charge in [-0.1, -0.05) is 0 Å². The molecule has 3 rings (SSSR count). The van der Waals surface area contributed by atoms with Crippen LogP contribution < -0.4 is 5.32 Å². The molecule has 0 unspecified atom stereocenters. The summed E-state index contributed by atoms with van der Waals surface area (Å²) in [6.07, 6.45) is 3.69. The second-order valence-electron chi connectivity index (χ2n) is 5.08. The lowest BCUT2D eigenvalue weighted by Crippen LogP contribution is -2.14. The molecule has 2 aromatic heterocycles. The highest BCUT2D eigenvalue weighted by Gasteiger charge is 2.15. The minimum absolute atomic E-state index is 0.244. The predicted octanol–water partition coefficient (Wildman–Crippen LogP) is 3.41. The maximum atomic E-state index is 12.3. The van der Waals surface area contributed by atoms with Crippen LogP contribution in [0, 0.1) is 6.92 Å². The summed E-state index contributed by atoms with van der Waals surface area (Å²) in [6, 6.07) is 9.44. The zero-order valence-corrected chi connectivity index (χ0v) is 14.4. The van der Waals surface area contributed by atoms with Gasteiger partial charge in [0, 0.05) is 24.6 Å². The second-order valence-corrected chi connectivity index (χ2v) is 5.94. The Kier molecular flexibility index (Phi) is 4.29. The number of nitrogens with one attached hydrogen (secondary N) is 1. The first-order chi connectivity index (χ1) is 11.1. The molecule has 0 aliphatic heterocycles. The number of amides is 1. The molecule has 0 aliphatic carbocycles. The molecular formula is C16H16BrN5O. The van der Waals surface area contributed by atoms with Crippen LogP contribution in [0.5, 0.6) is 0 Å². The number of aryl methyl sites for hydroxylation is 2. The lowest BCUT2D eigenvalue weighted by molar-refractivity contribution is 0.102. The molecule has 0 fully saturated rings. The third-order valence-electron chi connectivity index (χ3n) is 3.37. The third-order valence-corrected chi connectivity index (χ3v) is 3.95. The zero-order valence-electron chi connectivity index (χ0n) is 12.8. The molecule has 3 aromatic rings. The van der Waals surface area contributed by atoms with Crippen molar-refractivity contribution in [3.63, 3.8) is 0 Å². The Bertz CT molecular complexity index is 835. The van der Waals surface area contributed by atoms with Gasteiger partial charge in [-0.3, -0.25) is 9.48 Å². The molecule has 6 nitrogen and oxygen atoms in total. The van der Waals surface area contributed by atoms with Crippen molar-refractivity contribution in [3.05, 3.63) is 58.6 Å². The minimum atomic E-state index is -0.244. The van der Waals surface area contributed by atoms with E-state index >= 15 is 0 Å². The normalized spacial score (nSPS) is 10.7. The highest BCUT2D eigenvalue weighted by molar-refractivity contribution is 9.10. The van der Waals surface area contributed by atoms with Crippen LogP contribution in [0.25, 0.3) is 5.69 Å². The number of halogens is 1. The van der Waals surface area contributed by atoms with Crippen LogP contribution in [0.2, 0.25) is 0 Å². The highest BCUT2D eigenvalue weighted by atomic mass is 79.9. The van der Waals surface area contributed by atoms with Crippen molar-refractivity contribution in [1.82, 2.24) is 19.6 Å². The van der Waals surface area contributed by atoms with Gasteiger partial charge in [-0.25, -0.2) is 4.68 Å². The van der Waals surface area contributed by atoms with E-state index < -0.39 is 0 Å². The molecule has 0 radical (unpaired) electrons. The van der Waals surface area contributed by atoms with Crippen LogP contribution in [-0.2, 0) is 6.54 Å². The van der Waals surface area contributed by atoms with E-state index in [9.17, 15) is 4.79 Å². The summed E-state index contributed by atoms with van der Waals surface area (Å²) >= 11 is 3.36. The maximum Gasteiger partial charge on any atom is 0.277 e. The molecule has 23 heavy (non-hydrogen) atoms. The predicted molar refractivity (Wildman–Crippen MR) is 91.9 cm³/mol. The lowest BCUT2D eigenvalue weighted by Gasteiger charge is -2.06. The van der Waals surface area contributed by atoms with Gasteiger partial charge in [-0.2, -0.15) is 10.2 Å². The SMILES string of the molecule is CCn1cc(Br)c(C(=O)Nc2ccc(-n3ccc(C)n3)cc2)n1. The summed E-state index contributed by atoms with van der Waals surface area (Å²) in [4.78, 5) is 12.3. The quantitative estimate of drug-likeness (QED) is 0.761. The molecule has 0 saturated heterocycles. The van der Waals surface area contributed by atoms with Crippen LogP contribution in [0.4, 0.5) is 5.69 Å². The summed E-state index contributed by atoms with van der Waals surface area (Å²) in [5, 5.41) is 11.4. The van der Waals surface area contributed by atoms with Crippen molar-refractivity contribution in [2.45, 2.75) is 20.4 Å². The van der Waals surface area contributed by atoms with Crippen molar-refractivity contribution in [2.24, 2.45) is 0 Å². The van der Waals surface area contributed by atoms with Gasteiger partial charge < -0.3 is 5.32 Å². The van der Waals surface area contributed by atoms with Crippen LogP contribution in [0.15, 0.2) is 47.2 Å². The summed E-state index contributed by atoms with van der Waals surface area (Å²) in [5.41, 5.74) is 2.98. The van der Waals surface area contributed by atoms with E-state index in [1.807, 2.05) is 50.4 Å². The average Bonchev–Trinajstić information content (AvgIpc) is 3.14. The van der Waals surface area contributed by atoms with Crippen LogP contribution in [0.3, 0.4) is 0 Å². The van der Waals surface area contributed by atoms with Gasteiger partial charge in [0.05, 0.1) is 15.9 Å². The van der Waals surface area contributed by atoms with Crippen molar-refractivity contribution in [3.8, 4) is 5.69 Å². The summed E-state index contributed by atoms with van der Waals surface area (Å²) in [7, 11) is 0. The van der Waals surface area contributed by atoms with E-state index in [-0.39, 0.29) is 5.91 Å². The van der Waals surface area contributed by atoms with E-state index in [1.165, 1.54) is 0 Å².